The lowest BCUT2D eigenvalue weighted by atomic mass is 9.76. The zero-order chi connectivity index (χ0) is 28.0. The van der Waals surface area contributed by atoms with E-state index in [1.165, 1.54) is 12.5 Å². The summed E-state index contributed by atoms with van der Waals surface area (Å²) in [6.07, 6.45) is 2.51. The molecule has 1 rings (SSSR count). The molecule has 0 aromatic heterocycles. The highest BCUT2D eigenvalue weighted by Crippen LogP contribution is 2.30. The molecule has 7 heteroatoms. The maximum atomic E-state index is 13.8. The molecular weight excluding hydrogens is 466 g/mol. The third-order valence-corrected chi connectivity index (χ3v) is 6.99. The Morgan fingerprint density at radius 3 is 2.08 bits per heavy atom. The molecule has 0 fully saturated rings. The highest BCUT2D eigenvalue weighted by molar-refractivity contribution is 5.91. The van der Waals surface area contributed by atoms with Crippen molar-refractivity contribution in [1.29, 1.82) is 0 Å². The van der Waals surface area contributed by atoms with Gasteiger partial charge in [-0.1, -0.05) is 93.2 Å². The van der Waals surface area contributed by atoms with Gasteiger partial charge in [0, 0.05) is 18.0 Å². The monoisotopic (exact) mass is 517 g/mol. The van der Waals surface area contributed by atoms with Gasteiger partial charge >= 0.3 is 5.97 Å². The standard InChI is InChI=1S/C29H47N3O4.CH4/c1-12-20-14-13-15-21(17-20)29(8,9)23(30-10)25(33)31-24(28(5,6)7)26(34)32(11)22(18(2)3)16-19(4)27(35)36;/h13-18,22-24,30H,12H2,1-11H3,(H,31,33)(H,35,36);1H4/b19-16+;/t22-,23-,24-;/m1./s1. The number of benzene rings is 1. The Balaban J connectivity index is 0.0000130. The predicted molar refractivity (Wildman–Crippen MR) is 153 cm³/mol. The van der Waals surface area contributed by atoms with Crippen molar-refractivity contribution in [1.82, 2.24) is 15.5 Å². The van der Waals surface area contributed by atoms with Crippen LogP contribution in [0.3, 0.4) is 0 Å². The van der Waals surface area contributed by atoms with Crippen LogP contribution in [0.4, 0.5) is 0 Å². The van der Waals surface area contributed by atoms with E-state index >= 15 is 0 Å². The van der Waals surface area contributed by atoms with Crippen molar-refractivity contribution in [2.45, 2.75) is 99.7 Å². The smallest absolute Gasteiger partial charge is 0.331 e. The van der Waals surface area contributed by atoms with Crippen molar-refractivity contribution in [2.24, 2.45) is 11.3 Å². The first-order chi connectivity index (χ1) is 16.5. The number of aliphatic carboxylic acids is 1. The number of hydrogen-bond donors (Lipinski definition) is 3. The second-order valence-corrected chi connectivity index (χ2v) is 11.6. The lowest BCUT2D eigenvalue weighted by Gasteiger charge is -2.40. The second-order valence-electron chi connectivity index (χ2n) is 11.6. The number of nitrogens with one attached hydrogen (secondary N) is 2. The van der Waals surface area contributed by atoms with E-state index in [1.54, 1.807) is 25.1 Å². The van der Waals surface area contributed by atoms with Crippen LogP contribution < -0.4 is 10.6 Å². The zero-order valence-electron chi connectivity index (χ0n) is 24.0. The molecule has 7 nitrogen and oxygen atoms in total. The first-order valence-corrected chi connectivity index (χ1v) is 12.7. The molecule has 3 atom stereocenters. The third-order valence-electron chi connectivity index (χ3n) is 6.99. The van der Waals surface area contributed by atoms with Crippen LogP contribution in [-0.4, -0.2) is 60.0 Å². The normalized spacial score (nSPS) is 14.9. The molecule has 2 amide bonds. The summed E-state index contributed by atoms with van der Waals surface area (Å²) in [5, 5.41) is 15.6. The van der Waals surface area contributed by atoms with Gasteiger partial charge in [-0.05, 0) is 42.9 Å². The minimum Gasteiger partial charge on any atom is -0.478 e. The number of hydrogen-bond acceptors (Lipinski definition) is 4. The summed E-state index contributed by atoms with van der Waals surface area (Å²) < 4.78 is 0. The van der Waals surface area contributed by atoms with Crippen LogP contribution in [0, 0.1) is 11.3 Å². The molecule has 0 aliphatic rings. The topological polar surface area (TPSA) is 98.7 Å². The SMILES string of the molecule is C.CCc1cccc(C(C)(C)[C@H](NC)C(=O)N[C@H](C(=O)N(C)[C@H](/C=C(\C)C(=O)O)C(C)C)C(C)(C)C)c1. The first-order valence-electron chi connectivity index (χ1n) is 12.7. The van der Waals surface area contributed by atoms with E-state index in [2.05, 4.69) is 29.7 Å². The molecule has 0 radical (unpaired) electrons. The van der Waals surface area contributed by atoms with Gasteiger partial charge < -0.3 is 20.6 Å². The summed E-state index contributed by atoms with van der Waals surface area (Å²) in [6, 6.07) is 6.43. The number of carbonyl (C=O) groups excluding carboxylic acids is 2. The molecular formula is C30H51N3O4. The van der Waals surface area contributed by atoms with Crippen molar-refractivity contribution >= 4 is 17.8 Å². The second kappa shape index (κ2) is 13.8. The van der Waals surface area contributed by atoms with Crippen molar-refractivity contribution in [2.75, 3.05) is 14.1 Å². The molecule has 37 heavy (non-hydrogen) atoms. The van der Waals surface area contributed by atoms with Crippen LogP contribution in [0.1, 0.15) is 80.9 Å². The number of carbonyl (C=O) groups is 3. The Kier molecular flexibility index (Phi) is 12.8. The van der Waals surface area contributed by atoms with Crippen LogP contribution in [0.25, 0.3) is 0 Å². The van der Waals surface area contributed by atoms with Crippen LogP contribution >= 0.6 is 0 Å². The van der Waals surface area contributed by atoms with E-state index in [9.17, 15) is 19.5 Å². The molecule has 1 aromatic carbocycles. The van der Waals surface area contributed by atoms with Crippen molar-refractivity contribution in [3.8, 4) is 0 Å². The van der Waals surface area contributed by atoms with Gasteiger partial charge in [0.2, 0.25) is 11.8 Å². The van der Waals surface area contributed by atoms with Crippen molar-refractivity contribution in [3.05, 3.63) is 47.0 Å². The van der Waals surface area contributed by atoms with Gasteiger partial charge in [0.1, 0.15) is 6.04 Å². The quantitative estimate of drug-likeness (QED) is 0.367. The Morgan fingerprint density at radius 1 is 1.08 bits per heavy atom. The summed E-state index contributed by atoms with van der Waals surface area (Å²) in [4.78, 5) is 40.4. The number of rotatable bonds is 11. The van der Waals surface area contributed by atoms with Gasteiger partial charge in [-0.25, -0.2) is 4.79 Å². The van der Waals surface area contributed by atoms with Crippen LogP contribution in [0.15, 0.2) is 35.9 Å². The number of carboxylic acids is 1. The van der Waals surface area contributed by atoms with E-state index in [-0.39, 0.29) is 30.7 Å². The largest absolute Gasteiger partial charge is 0.478 e. The van der Waals surface area contributed by atoms with E-state index < -0.39 is 34.9 Å². The molecule has 0 aliphatic heterocycles. The third kappa shape index (κ3) is 8.70. The lowest BCUT2D eigenvalue weighted by molar-refractivity contribution is -0.141. The molecule has 3 N–H and O–H groups in total. The first kappa shape index (κ1) is 34.3. The van der Waals surface area contributed by atoms with Gasteiger partial charge in [-0.2, -0.15) is 0 Å². The van der Waals surface area contributed by atoms with Crippen LogP contribution in [-0.2, 0) is 26.2 Å². The highest BCUT2D eigenvalue weighted by atomic mass is 16.4. The minimum absolute atomic E-state index is 0. The zero-order valence-corrected chi connectivity index (χ0v) is 24.0. The van der Waals surface area contributed by atoms with Gasteiger partial charge in [-0.15, -0.1) is 0 Å². The van der Waals surface area contributed by atoms with E-state index in [0.717, 1.165) is 12.0 Å². The van der Waals surface area contributed by atoms with E-state index in [4.69, 9.17) is 0 Å². The fraction of sp³-hybridized carbons (Fsp3) is 0.633. The molecule has 0 unspecified atom stereocenters. The number of amides is 2. The van der Waals surface area contributed by atoms with Gasteiger partial charge in [0.05, 0.1) is 12.1 Å². The van der Waals surface area contributed by atoms with Gasteiger partial charge in [0.25, 0.3) is 0 Å². The summed E-state index contributed by atoms with van der Waals surface area (Å²) in [7, 11) is 3.42. The van der Waals surface area contributed by atoms with Gasteiger partial charge in [-0.3, -0.25) is 9.59 Å². The summed E-state index contributed by atoms with van der Waals surface area (Å²) in [5.41, 5.74) is 1.31. The van der Waals surface area contributed by atoms with Crippen LogP contribution in [0.5, 0.6) is 0 Å². The highest BCUT2D eigenvalue weighted by Gasteiger charge is 2.41. The van der Waals surface area contributed by atoms with Crippen molar-refractivity contribution in [3.63, 3.8) is 0 Å². The minimum atomic E-state index is -1.02. The predicted octanol–water partition coefficient (Wildman–Crippen LogP) is 4.80. The fourth-order valence-corrected chi connectivity index (χ4v) is 4.48. The lowest BCUT2D eigenvalue weighted by Crippen LogP contribution is -2.61. The fourth-order valence-electron chi connectivity index (χ4n) is 4.48. The average molecular weight is 518 g/mol. The van der Waals surface area contributed by atoms with Gasteiger partial charge in [0.15, 0.2) is 0 Å². The molecule has 0 heterocycles. The molecule has 210 valence electrons. The van der Waals surface area contributed by atoms with Crippen molar-refractivity contribution < 1.29 is 19.5 Å². The van der Waals surface area contributed by atoms with Crippen LogP contribution in [0.2, 0.25) is 0 Å². The molecule has 0 saturated heterocycles. The maximum Gasteiger partial charge on any atom is 0.331 e. The summed E-state index contributed by atoms with van der Waals surface area (Å²) in [6.45, 7) is 17.3. The summed E-state index contributed by atoms with van der Waals surface area (Å²) in [5.74, 6) is -1.55. The Morgan fingerprint density at radius 2 is 1.65 bits per heavy atom. The Hall–Kier alpha value is -2.67. The number of likely N-dealkylation sites (N-methyl/N-ethyl adjacent to an activating group) is 2. The number of aryl methyl sites for hydroxylation is 1. The van der Waals surface area contributed by atoms with E-state index in [0.29, 0.717) is 0 Å². The average Bonchev–Trinajstić information content (AvgIpc) is 2.79. The molecule has 0 saturated carbocycles. The van der Waals surface area contributed by atoms with E-state index in [1.807, 2.05) is 60.6 Å². The Bertz CT molecular complexity index is 960. The molecule has 0 aliphatic carbocycles. The Labute approximate surface area is 225 Å². The molecule has 0 spiro atoms. The molecule has 1 aromatic rings. The summed E-state index contributed by atoms with van der Waals surface area (Å²) >= 11 is 0. The number of carboxylic acid groups (broad SMARTS) is 1. The number of nitrogens with zero attached hydrogens (tertiary/aromatic N) is 1. The maximum absolute atomic E-state index is 13.8. The molecule has 0 bridgehead atoms.